The molecule has 8 heteroatoms. The highest BCUT2D eigenvalue weighted by Crippen LogP contribution is 2.34. The third-order valence-corrected chi connectivity index (χ3v) is 5.91. The number of nitrogens with one attached hydrogen (secondary N) is 1. The second-order valence-corrected chi connectivity index (χ2v) is 8.16. The molecule has 3 fully saturated rings. The third kappa shape index (κ3) is 3.62. The second-order valence-electron chi connectivity index (χ2n) is 8.16. The lowest BCUT2D eigenvalue weighted by atomic mass is 9.79. The molecule has 1 aliphatic carbocycles. The third-order valence-electron chi connectivity index (χ3n) is 5.91. The van der Waals surface area contributed by atoms with Crippen LogP contribution in [0.4, 0.5) is 4.79 Å². The number of hydrogen-bond acceptors (Lipinski definition) is 4. The fourth-order valence-electron chi connectivity index (χ4n) is 4.14. The molecule has 0 aromatic carbocycles. The van der Waals surface area contributed by atoms with E-state index in [0.29, 0.717) is 25.9 Å². The highest BCUT2D eigenvalue weighted by molar-refractivity contribution is 6.09. The second kappa shape index (κ2) is 7.11. The Bertz CT molecular complexity index is 560. The molecule has 2 saturated heterocycles. The standard InChI is InChI=1S/C17H28N4O3.ClH/c1-16(2)11-20(9-6-12(16)18)13(22)10-21-14(23)17(19-15(21)24)7-4-3-5-8-17;/h12H,3-11,18H2,1-2H3,(H,19,24);1H. The van der Waals surface area contributed by atoms with Crippen molar-refractivity contribution >= 4 is 30.3 Å². The van der Waals surface area contributed by atoms with E-state index in [2.05, 4.69) is 5.32 Å². The molecule has 1 spiro atoms. The summed E-state index contributed by atoms with van der Waals surface area (Å²) in [6, 6.07) is -0.369. The average molecular weight is 373 g/mol. The molecule has 7 nitrogen and oxygen atoms in total. The van der Waals surface area contributed by atoms with E-state index in [0.717, 1.165) is 30.6 Å². The molecule has 25 heavy (non-hydrogen) atoms. The van der Waals surface area contributed by atoms with Crippen molar-refractivity contribution in [3.8, 4) is 0 Å². The van der Waals surface area contributed by atoms with Gasteiger partial charge in [0.25, 0.3) is 5.91 Å². The Labute approximate surface area is 155 Å². The number of piperidine rings is 1. The topological polar surface area (TPSA) is 95.7 Å². The maximum absolute atomic E-state index is 12.7. The van der Waals surface area contributed by atoms with E-state index in [-0.39, 0.29) is 42.2 Å². The molecule has 4 amide bonds. The molecule has 3 aliphatic rings. The van der Waals surface area contributed by atoms with Gasteiger partial charge in [0.15, 0.2) is 0 Å². The van der Waals surface area contributed by atoms with Gasteiger partial charge in [-0.3, -0.25) is 14.5 Å². The van der Waals surface area contributed by atoms with Gasteiger partial charge in [0.2, 0.25) is 5.91 Å². The van der Waals surface area contributed by atoms with Gasteiger partial charge >= 0.3 is 6.03 Å². The maximum Gasteiger partial charge on any atom is 0.325 e. The monoisotopic (exact) mass is 372 g/mol. The van der Waals surface area contributed by atoms with Crippen molar-refractivity contribution in [3.63, 3.8) is 0 Å². The summed E-state index contributed by atoms with van der Waals surface area (Å²) in [7, 11) is 0. The Kier molecular flexibility index (Phi) is 5.68. The fraction of sp³-hybridized carbons (Fsp3) is 0.824. The largest absolute Gasteiger partial charge is 0.340 e. The molecule has 0 aromatic heterocycles. The zero-order chi connectivity index (χ0) is 17.5. The summed E-state index contributed by atoms with van der Waals surface area (Å²) in [6.45, 7) is 5.06. The molecular weight excluding hydrogens is 344 g/mol. The number of halogens is 1. The highest BCUT2D eigenvalue weighted by atomic mass is 35.5. The molecule has 142 valence electrons. The maximum atomic E-state index is 12.7. The summed E-state index contributed by atoms with van der Waals surface area (Å²) >= 11 is 0. The summed E-state index contributed by atoms with van der Waals surface area (Å²) in [5.41, 5.74) is 5.19. The lowest BCUT2D eigenvalue weighted by Crippen LogP contribution is -2.56. The zero-order valence-corrected chi connectivity index (χ0v) is 15.9. The zero-order valence-electron chi connectivity index (χ0n) is 15.0. The Morgan fingerprint density at radius 1 is 1.24 bits per heavy atom. The van der Waals surface area contributed by atoms with E-state index >= 15 is 0 Å². The number of nitrogens with zero attached hydrogens (tertiary/aromatic N) is 2. The SMILES string of the molecule is CC1(C)CN(C(=O)CN2C(=O)NC3(CCCCC3)C2=O)CCC1N.Cl. The minimum absolute atomic E-state index is 0. The molecule has 0 bridgehead atoms. The first-order valence-electron chi connectivity index (χ1n) is 8.93. The molecular formula is C17H29ClN4O3. The van der Waals surface area contributed by atoms with Crippen LogP contribution in [0.5, 0.6) is 0 Å². The number of carbonyl (C=O) groups excluding carboxylic acids is 3. The number of rotatable bonds is 2. The van der Waals surface area contributed by atoms with Gasteiger partial charge in [-0.2, -0.15) is 0 Å². The van der Waals surface area contributed by atoms with Gasteiger partial charge in [0.05, 0.1) is 0 Å². The summed E-state index contributed by atoms with van der Waals surface area (Å²) in [4.78, 5) is 40.5. The van der Waals surface area contributed by atoms with Crippen LogP contribution >= 0.6 is 12.4 Å². The first-order chi connectivity index (χ1) is 11.3. The summed E-state index contributed by atoms with van der Waals surface area (Å²) in [5, 5.41) is 2.85. The van der Waals surface area contributed by atoms with Gasteiger partial charge in [-0.15, -0.1) is 12.4 Å². The van der Waals surface area contributed by atoms with Gasteiger partial charge in [-0.1, -0.05) is 33.1 Å². The molecule has 1 unspecified atom stereocenters. The lowest BCUT2D eigenvalue weighted by molar-refractivity contribution is -0.141. The van der Waals surface area contributed by atoms with Crippen LogP contribution in [0.25, 0.3) is 0 Å². The van der Waals surface area contributed by atoms with Crippen LogP contribution in [0.1, 0.15) is 52.4 Å². The number of urea groups is 1. The minimum atomic E-state index is -0.765. The van der Waals surface area contributed by atoms with Crippen molar-refractivity contribution in [2.24, 2.45) is 11.1 Å². The Balaban J connectivity index is 0.00000225. The Morgan fingerprint density at radius 2 is 1.88 bits per heavy atom. The van der Waals surface area contributed by atoms with E-state index < -0.39 is 11.6 Å². The van der Waals surface area contributed by atoms with Crippen LogP contribution in [0, 0.1) is 5.41 Å². The van der Waals surface area contributed by atoms with Crippen molar-refractivity contribution in [1.29, 1.82) is 0 Å². The molecule has 0 aromatic rings. The summed E-state index contributed by atoms with van der Waals surface area (Å²) in [6.07, 6.45) is 5.05. The number of hydrogen-bond donors (Lipinski definition) is 2. The number of carbonyl (C=O) groups is 3. The predicted molar refractivity (Wildman–Crippen MR) is 96.3 cm³/mol. The number of amides is 4. The first kappa shape index (κ1) is 20.0. The van der Waals surface area contributed by atoms with Crippen molar-refractivity contribution in [3.05, 3.63) is 0 Å². The molecule has 2 heterocycles. The predicted octanol–water partition coefficient (Wildman–Crippen LogP) is 1.25. The summed E-state index contributed by atoms with van der Waals surface area (Å²) < 4.78 is 0. The van der Waals surface area contributed by atoms with E-state index in [1.54, 1.807) is 4.90 Å². The molecule has 0 radical (unpaired) electrons. The van der Waals surface area contributed by atoms with Crippen molar-refractivity contribution in [1.82, 2.24) is 15.1 Å². The highest BCUT2D eigenvalue weighted by Gasteiger charge is 2.52. The number of likely N-dealkylation sites (tertiary alicyclic amines) is 1. The van der Waals surface area contributed by atoms with Crippen LogP contribution < -0.4 is 11.1 Å². The van der Waals surface area contributed by atoms with Crippen molar-refractivity contribution in [2.45, 2.75) is 64.0 Å². The van der Waals surface area contributed by atoms with Gasteiger partial charge in [-0.05, 0) is 24.7 Å². The van der Waals surface area contributed by atoms with E-state index in [9.17, 15) is 14.4 Å². The van der Waals surface area contributed by atoms with E-state index in [1.807, 2.05) is 13.8 Å². The van der Waals surface area contributed by atoms with Crippen LogP contribution in [0.3, 0.4) is 0 Å². The normalized spacial score (nSPS) is 27.9. The lowest BCUT2D eigenvalue weighted by Gasteiger charge is -2.42. The van der Waals surface area contributed by atoms with Crippen LogP contribution in [-0.2, 0) is 9.59 Å². The quantitative estimate of drug-likeness (QED) is 0.713. The molecule has 2 aliphatic heterocycles. The van der Waals surface area contributed by atoms with Crippen molar-refractivity contribution < 1.29 is 14.4 Å². The van der Waals surface area contributed by atoms with Gasteiger partial charge in [-0.25, -0.2) is 4.79 Å². The molecule has 3 rings (SSSR count). The van der Waals surface area contributed by atoms with Gasteiger partial charge in [0.1, 0.15) is 12.1 Å². The van der Waals surface area contributed by atoms with Crippen LogP contribution in [0.2, 0.25) is 0 Å². The van der Waals surface area contributed by atoms with Crippen molar-refractivity contribution in [2.75, 3.05) is 19.6 Å². The Hall–Kier alpha value is -1.34. The smallest absolute Gasteiger partial charge is 0.325 e. The first-order valence-corrected chi connectivity index (χ1v) is 8.93. The minimum Gasteiger partial charge on any atom is -0.340 e. The molecule has 3 N–H and O–H groups in total. The number of imide groups is 1. The number of nitrogens with two attached hydrogens (primary N) is 1. The van der Waals surface area contributed by atoms with Gasteiger partial charge in [0, 0.05) is 19.1 Å². The molecule has 1 atom stereocenters. The van der Waals surface area contributed by atoms with Gasteiger partial charge < -0.3 is 16.0 Å². The van der Waals surface area contributed by atoms with Crippen LogP contribution in [0.15, 0.2) is 0 Å². The summed E-state index contributed by atoms with van der Waals surface area (Å²) in [5.74, 6) is -0.403. The average Bonchev–Trinajstić information content (AvgIpc) is 2.75. The fourth-order valence-corrected chi connectivity index (χ4v) is 4.14. The molecule has 1 saturated carbocycles. The Morgan fingerprint density at radius 3 is 2.48 bits per heavy atom. The van der Waals surface area contributed by atoms with Crippen LogP contribution in [-0.4, -0.2) is 58.9 Å². The van der Waals surface area contributed by atoms with E-state index in [1.165, 1.54) is 0 Å². The van der Waals surface area contributed by atoms with E-state index in [4.69, 9.17) is 5.73 Å².